The van der Waals surface area contributed by atoms with Crippen molar-refractivity contribution in [3.63, 3.8) is 0 Å². The molecular formula is C16H19FO. The first-order valence-electron chi connectivity index (χ1n) is 6.68. The summed E-state index contributed by atoms with van der Waals surface area (Å²) < 4.78 is 13.0. The van der Waals surface area contributed by atoms with Crippen LogP contribution in [0.3, 0.4) is 0 Å². The molecule has 0 N–H and O–H groups in total. The molecule has 0 spiro atoms. The second kappa shape index (κ2) is 5.94. The normalized spacial score (nSPS) is 19.6. The molecule has 1 nitrogen and oxygen atoms in total. The second-order valence-electron chi connectivity index (χ2n) is 4.97. The first-order chi connectivity index (χ1) is 8.68. The van der Waals surface area contributed by atoms with Gasteiger partial charge in [-0.2, -0.15) is 0 Å². The molecule has 0 atom stereocenters. The summed E-state index contributed by atoms with van der Waals surface area (Å²) in [6.07, 6.45) is 8.62. The zero-order valence-corrected chi connectivity index (χ0v) is 10.8. The molecule has 1 aromatic rings. The standard InChI is InChI=1S/C16H19FO/c1-12-11-14(17)9-10-15(12)16(18)13-7-5-3-2-4-6-8-13/h7,9-11H,2-6,8H2,1H3/b13-7+. The molecule has 2 heteroatoms. The van der Waals surface area contributed by atoms with E-state index in [9.17, 15) is 9.18 Å². The third-order valence-corrected chi connectivity index (χ3v) is 3.52. The third-order valence-electron chi connectivity index (χ3n) is 3.52. The lowest BCUT2D eigenvalue weighted by atomic mass is 9.92. The Morgan fingerprint density at radius 1 is 1.17 bits per heavy atom. The zero-order chi connectivity index (χ0) is 13.0. The maximum atomic E-state index is 13.0. The molecule has 18 heavy (non-hydrogen) atoms. The van der Waals surface area contributed by atoms with Crippen LogP contribution in [0.1, 0.15) is 54.4 Å². The first-order valence-corrected chi connectivity index (χ1v) is 6.68. The molecule has 0 radical (unpaired) electrons. The van der Waals surface area contributed by atoms with Gasteiger partial charge in [-0.1, -0.05) is 18.9 Å². The van der Waals surface area contributed by atoms with E-state index in [2.05, 4.69) is 6.08 Å². The van der Waals surface area contributed by atoms with Gasteiger partial charge < -0.3 is 0 Å². The van der Waals surface area contributed by atoms with E-state index < -0.39 is 0 Å². The van der Waals surface area contributed by atoms with Gasteiger partial charge >= 0.3 is 0 Å². The minimum absolute atomic E-state index is 0.0781. The topological polar surface area (TPSA) is 17.1 Å². The Labute approximate surface area is 108 Å². The van der Waals surface area contributed by atoms with Gasteiger partial charge in [0.2, 0.25) is 0 Å². The van der Waals surface area contributed by atoms with Crippen LogP contribution in [-0.2, 0) is 0 Å². The van der Waals surface area contributed by atoms with Gasteiger partial charge in [-0.3, -0.25) is 4.79 Å². The molecule has 1 aliphatic carbocycles. The fourth-order valence-corrected chi connectivity index (χ4v) is 2.45. The Morgan fingerprint density at radius 2 is 1.94 bits per heavy atom. The summed E-state index contributed by atoms with van der Waals surface area (Å²) in [6.45, 7) is 1.79. The maximum absolute atomic E-state index is 13.0. The van der Waals surface area contributed by atoms with E-state index in [1.807, 2.05) is 0 Å². The van der Waals surface area contributed by atoms with E-state index in [1.54, 1.807) is 13.0 Å². The Bertz CT molecular complexity index is 474. The quantitative estimate of drug-likeness (QED) is 0.697. The summed E-state index contributed by atoms with van der Waals surface area (Å²) in [7, 11) is 0. The number of halogens is 1. The van der Waals surface area contributed by atoms with Crippen LogP contribution in [0.2, 0.25) is 0 Å². The number of aryl methyl sites for hydroxylation is 1. The molecule has 0 saturated heterocycles. The highest BCUT2D eigenvalue weighted by atomic mass is 19.1. The maximum Gasteiger partial charge on any atom is 0.188 e. The number of allylic oxidation sites excluding steroid dienone is 2. The Hall–Kier alpha value is -1.44. The molecule has 0 unspecified atom stereocenters. The summed E-state index contributed by atoms with van der Waals surface area (Å²) in [5, 5.41) is 0. The molecule has 0 fully saturated rings. The average Bonchev–Trinajstić information content (AvgIpc) is 2.27. The Balaban J connectivity index is 2.23. The molecule has 0 aromatic heterocycles. The van der Waals surface area contributed by atoms with E-state index >= 15 is 0 Å². The van der Waals surface area contributed by atoms with Gasteiger partial charge in [0.25, 0.3) is 0 Å². The number of carbonyl (C=O) groups excluding carboxylic acids is 1. The van der Waals surface area contributed by atoms with Gasteiger partial charge in [-0.15, -0.1) is 0 Å². The number of ketones is 1. The highest BCUT2D eigenvalue weighted by Crippen LogP contribution is 2.22. The molecule has 1 aromatic carbocycles. The molecular weight excluding hydrogens is 227 g/mol. The van der Waals surface area contributed by atoms with Crippen molar-refractivity contribution in [3.8, 4) is 0 Å². The van der Waals surface area contributed by atoms with Crippen molar-refractivity contribution < 1.29 is 9.18 Å². The number of benzene rings is 1. The fourth-order valence-electron chi connectivity index (χ4n) is 2.45. The molecule has 0 bridgehead atoms. The molecule has 0 saturated carbocycles. The lowest BCUT2D eigenvalue weighted by Crippen LogP contribution is -2.07. The van der Waals surface area contributed by atoms with Crippen molar-refractivity contribution in [1.29, 1.82) is 0 Å². The highest BCUT2D eigenvalue weighted by Gasteiger charge is 2.15. The minimum Gasteiger partial charge on any atom is -0.289 e. The van der Waals surface area contributed by atoms with Crippen molar-refractivity contribution in [2.45, 2.75) is 45.4 Å². The number of hydrogen-bond donors (Lipinski definition) is 0. The second-order valence-corrected chi connectivity index (χ2v) is 4.97. The van der Waals surface area contributed by atoms with Gasteiger partial charge in [0.15, 0.2) is 5.78 Å². The molecule has 1 aliphatic rings. The van der Waals surface area contributed by atoms with Crippen molar-refractivity contribution in [2.24, 2.45) is 0 Å². The molecule has 0 heterocycles. The lowest BCUT2D eigenvalue weighted by Gasteiger charge is -2.12. The summed E-state index contributed by atoms with van der Waals surface area (Å²) >= 11 is 0. The molecule has 2 rings (SSSR count). The Morgan fingerprint density at radius 3 is 2.72 bits per heavy atom. The van der Waals surface area contributed by atoms with E-state index in [1.165, 1.54) is 31.4 Å². The number of rotatable bonds is 2. The van der Waals surface area contributed by atoms with Crippen LogP contribution in [0.5, 0.6) is 0 Å². The predicted octanol–water partition coefficient (Wildman–Crippen LogP) is 4.60. The highest BCUT2D eigenvalue weighted by molar-refractivity contribution is 6.09. The van der Waals surface area contributed by atoms with Crippen LogP contribution in [0.25, 0.3) is 0 Å². The van der Waals surface area contributed by atoms with Gasteiger partial charge in [0.1, 0.15) is 5.82 Å². The van der Waals surface area contributed by atoms with Crippen LogP contribution in [0, 0.1) is 12.7 Å². The van der Waals surface area contributed by atoms with Gasteiger partial charge in [0, 0.05) is 5.56 Å². The van der Waals surface area contributed by atoms with Crippen LogP contribution in [0.4, 0.5) is 4.39 Å². The number of Topliss-reactive ketones (excluding diaryl/α,β-unsaturated/α-hetero) is 1. The predicted molar refractivity (Wildman–Crippen MR) is 71.3 cm³/mol. The van der Waals surface area contributed by atoms with Crippen molar-refractivity contribution in [3.05, 3.63) is 46.8 Å². The van der Waals surface area contributed by atoms with Crippen molar-refractivity contribution in [2.75, 3.05) is 0 Å². The van der Waals surface area contributed by atoms with Crippen molar-refractivity contribution >= 4 is 5.78 Å². The monoisotopic (exact) mass is 246 g/mol. The molecule has 96 valence electrons. The van der Waals surface area contributed by atoms with Crippen LogP contribution in [-0.4, -0.2) is 5.78 Å². The van der Waals surface area contributed by atoms with E-state index in [-0.39, 0.29) is 11.6 Å². The average molecular weight is 246 g/mol. The number of hydrogen-bond acceptors (Lipinski definition) is 1. The third kappa shape index (κ3) is 3.06. The van der Waals surface area contributed by atoms with Crippen LogP contribution >= 0.6 is 0 Å². The molecule has 0 amide bonds. The first kappa shape index (κ1) is 13.0. The van der Waals surface area contributed by atoms with Gasteiger partial charge in [-0.25, -0.2) is 4.39 Å². The SMILES string of the molecule is Cc1cc(F)ccc1C(=O)/C1=C/CCCCCC1. The number of carbonyl (C=O) groups is 1. The zero-order valence-electron chi connectivity index (χ0n) is 10.8. The van der Waals surface area contributed by atoms with Crippen molar-refractivity contribution in [1.82, 2.24) is 0 Å². The smallest absolute Gasteiger partial charge is 0.188 e. The van der Waals surface area contributed by atoms with E-state index in [0.717, 1.165) is 30.4 Å². The summed E-state index contributed by atoms with van der Waals surface area (Å²) in [4.78, 5) is 12.4. The Kier molecular flexibility index (Phi) is 4.29. The van der Waals surface area contributed by atoms with Crippen LogP contribution in [0.15, 0.2) is 29.8 Å². The van der Waals surface area contributed by atoms with E-state index in [4.69, 9.17) is 0 Å². The van der Waals surface area contributed by atoms with Gasteiger partial charge in [0.05, 0.1) is 0 Å². The summed E-state index contributed by atoms with van der Waals surface area (Å²) in [5.74, 6) is -0.204. The summed E-state index contributed by atoms with van der Waals surface area (Å²) in [5.41, 5.74) is 2.27. The van der Waals surface area contributed by atoms with Crippen LogP contribution < -0.4 is 0 Å². The largest absolute Gasteiger partial charge is 0.289 e. The van der Waals surface area contributed by atoms with Gasteiger partial charge in [-0.05, 0) is 61.9 Å². The molecule has 0 aliphatic heterocycles. The van der Waals surface area contributed by atoms with E-state index in [0.29, 0.717) is 5.56 Å². The lowest BCUT2D eigenvalue weighted by molar-refractivity contribution is 0.102. The fraction of sp³-hybridized carbons (Fsp3) is 0.438. The minimum atomic E-state index is -0.282. The summed E-state index contributed by atoms with van der Waals surface area (Å²) in [6, 6.07) is 4.40.